The molecule has 27 heavy (non-hydrogen) atoms. The topological polar surface area (TPSA) is 104 Å². The number of carboxylic acids is 1. The fraction of sp³-hybridized carbons (Fsp3) is 0.667. The van der Waals surface area contributed by atoms with Crippen molar-refractivity contribution in [1.29, 1.82) is 0 Å². The van der Waals surface area contributed by atoms with Gasteiger partial charge < -0.3 is 19.6 Å². The molecule has 0 aromatic heterocycles. The highest BCUT2D eigenvalue weighted by atomic mass is 79.9. The Balaban J connectivity index is 2.15. The minimum atomic E-state index is -1.55. The van der Waals surface area contributed by atoms with E-state index in [2.05, 4.69) is 22.5 Å². The van der Waals surface area contributed by atoms with Crippen LogP contribution in [0.3, 0.4) is 0 Å². The first kappa shape index (κ1) is 21.4. The summed E-state index contributed by atoms with van der Waals surface area (Å²) in [4.78, 5) is 52.0. The number of hydrogen-bond donors (Lipinski definition) is 1. The monoisotopic (exact) mass is 444 g/mol. The van der Waals surface area contributed by atoms with Crippen LogP contribution in [0.15, 0.2) is 12.2 Å². The Kier molecular flexibility index (Phi) is 6.67. The van der Waals surface area contributed by atoms with Crippen molar-refractivity contribution in [2.45, 2.75) is 57.2 Å². The number of ether oxygens (including phenoxy) is 1. The number of carbonyl (C=O) groups is 4. The summed E-state index contributed by atoms with van der Waals surface area (Å²) in [6.45, 7) is 7.39. The zero-order valence-electron chi connectivity index (χ0n) is 15.6. The lowest BCUT2D eigenvalue weighted by Crippen LogP contribution is -2.55. The predicted molar refractivity (Wildman–Crippen MR) is 100 cm³/mol. The van der Waals surface area contributed by atoms with Crippen LogP contribution in [0.25, 0.3) is 0 Å². The maximum atomic E-state index is 12.9. The molecular weight excluding hydrogens is 420 g/mol. The van der Waals surface area contributed by atoms with E-state index in [1.807, 2.05) is 0 Å². The summed E-state index contributed by atoms with van der Waals surface area (Å²) in [5.41, 5.74) is -1.22. The average molecular weight is 445 g/mol. The third-order valence-electron chi connectivity index (χ3n) is 4.98. The Hall–Kier alpha value is -1.90. The van der Waals surface area contributed by atoms with E-state index in [0.717, 1.165) is 0 Å². The first-order chi connectivity index (χ1) is 12.6. The zero-order valence-corrected chi connectivity index (χ0v) is 17.2. The number of carboxylic acid groups (broad SMARTS) is 1. The van der Waals surface area contributed by atoms with Crippen molar-refractivity contribution in [1.82, 2.24) is 9.80 Å². The molecule has 0 saturated carbocycles. The molecule has 150 valence electrons. The van der Waals surface area contributed by atoms with Gasteiger partial charge in [-0.1, -0.05) is 22.5 Å². The van der Waals surface area contributed by atoms with E-state index in [9.17, 15) is 24.3 Å². The maximum Gasteiger partial charge on any atom is 0.329 e. The second-order valence-electron chi connectivity index (χ2n) is 7.22. The third kappa shape index (κ3) is 4.34. The number of nitrogens with zero attached hydrogens (tertiary/aromatic N) is 2. The van der Waals surface area contributed by atoms with Crippen LogP contribution in [-0.2, 0) is 23.9 Å². The molecule has 2 rings (SSSR count). The van der Waals surface area contributed by atoms with Crippen LogP contribution in [-0.4, -0.2) is 74.8 Å². The predicted octanol–water partition coefficient (Wildman–Crippen LogP) is 1.33. The minimum Gasteiger partial charge on any atom is -0.480 e. The lowest BCUT2D eigenvalue weighted by Gasteiger charge is -2.34. The normalized spacial score (nSPS) is 24.4. The lowest BCUT2D eigenvalue weighted by molar-refractivity contribution is -0.175. The first-order valence-electron chi connectivity index (χ1n) is 8.91. The molecule has 2 aliphatic rings. The van der Waals surface area contributed by atoms with Gasteiger partial charge in [-0.2, -0.15) is 0 Å². The molecule has 2 saturated heterocycles. The van der Waals surface area contributed by atoms with E-state index in [-0.39, 0.29) is 11.2 Å². The molecule has 0 radical (unpaired) electrons. The minimum absolute atomic E-state index is 0.0224. The van der Waals surface area contributed by atoms with Crippen molar-refractivity contribution < 1.29 is 29.0 Å². The number of aliphatic carboxylic acids is 1. The van der Waals surface area contributed by atoms with E-state index in [1.165, 1.54) is 16.7 Å². The number of alkyl halides is 1. The van der Waals surface area contributed by atoms with Crippen LogP contribution >= 0.6 is 15.9 Å². The molecule has 2 fully saturated rings. The molecule has 2 amide bonds. The summed E-state index contributed by atoms with van der Waals surface area (Å²) in [5.74, 6) is -2.60. The summed E-state index contributed by atoms with van der Waals surface area (Å²) >= 11 is 3.21. The van der Waals surface area contributed by atoms with Gasteiger partial charge in [0.25, 0.3) is 5.91 Å². The molecule has 2 unspecified atom stereocenters. The highest BCUT2D eigenvalue weighted by Gasteiger charge is 2.47. The summed E-state index contributed by atoms with van der Waals surface area (Å²) in [6.07, 6.45) is 2.06. The van der Waals surface area contributed by atoms with Gasteiger partial charge in [0.2, 0.25) is 5.91 Å². The van der Waals surface area contributed by atoms with Crippen molar-refractivity contribution in [3.8, 4) is 0 Å². The fourth-order valence-corrected chi connectivity index (χ4v) is 3.84. The molecule has 9 heteroatoms. The maximum absolute atomic E-state index is 12.9. The van der Waals surface area contributed by atoms with Gasteiger partial charge in [0, 0.05) is 18.7 Å². The first-order valence-corrected chi connectivity index (χ1v) is 10.0. The smallest absolute Gasteiger partial charge is 0.329 e. The molecule has 8 nitrogen and oxygen atoms in total. The molecule has 0 aromatic rings. The molecule has 0 bridgehead atoms. The highest BCUT2D eigenvalue weighted by molar-refractivity contribution is 9.09. The van der Waals surface area contributed by atoms with Crippen molar-refractivity contribution in [2.24, 2.45) is 0 Å². The molecule has 2 aliphatic heterocycles. The Morgan fingerprint density at radius 2 is 1.70 bits per heavy atom. The van der Waals surface area contributed by atoms with E-state index in [1.54, 1.807) is 6.92 Å². The Bertz CT molecular complexity index is 666. The second-order valence-corrected chi connectivity index (χ2v) is 7.78. The van der Waals surface area contributed by atoms with Gasteiger partial charge in [0.15, 0.2) is 5.60 Å². The summed E-state index contributed by atoms with van der Waals surface area (Å²) < 4.78 is 5.54. The van der Waals surface area contributed by atoms with Gasteiger partial charge in [-0.3, -0.25) is 9.59 Å². The summed E-state index contributed by atoms with van der Waals surface area (Å²) in [5, 5.41) is 9.33. The van der Waals surface area contributed by atoms with Crippen LogP contribution in [0.5, 0.6) is 0 Å². The van der Waals surface area contributed by atoms with Gasteiger partial charge in [0.1, 0.15) is 12.1 Å². The van der Waals surface area contributed by atoms with Gasteiger partial charge in [-0.05, 0) is 39.5 Å². The summed E-state index contributed by atoms with van der Waals surface area (Å²) in [6, 6.07) is -1.68. The van der Waals surface area contributed by atoms with E-state index < -0.39 is 35.5 Å². The summed E-state index contributed by atoms with van der Waals surface area (Å²) in [7, 11) is 0. The Labute approximate surface area is 166 Å². The standard InChI is InChI=1S/C18H25BrN2O6/c1-11(2)14(22)20-8-5-7-13(20)16(25)27-18(3,10-19)17(26)21-9-4-6-12(21)15(23)24/h12-13H,1,4-10H2,2-3H3,(H,23,24)/t12?,13-,18?/m1/s1. The van der Waals surface area contributed by atoms with Crippen LogP contribution in [0.4, 0.5) is 0 Å². The number of hydrogen-bond acceptors (Lipinski definition) is 5. The van der Waals surface area contributed by atoms with Gasteiger partial charge >= 0.3 is 11.9 Å². The Morgan fingerprint density at radius 1 is 1.15 bits per heavy atom. The average Bonchev–Trinajstić information content (AvgIpc) is 3.29. The number of rotatable bonds is 6. The third-order valence-corrected chi connectivity index (χ3v) is 6.05. The SMILES string of the molecule is C=C(C)C(=O)N1CCC[C@@H]1C(=O)OC(C)(CBr)C(=O)N1CCCC1C(=O)O. The van der Waals surface area contributed by atoms with E-state index >= 15 is 0 Å². The second kappa shape index (κ2) is 8.41. The molecule has 2 heterocycles. The van der Waals surface area contributed by atoms with Crippen LogP contribution in [0.1, 0.15) is 39.5 Å². The molecule has 3 atom stereocenters. The molecule has 0 spiro atoms. The van der Waals surface area contributed by atoms with Crippen molar-refractivity contribution in [2.75, 3.05) is 18.4 Å². The largest absolute Gasteiger partial charge is 0.480 e. The fourth-order valence-electron chi connectivity index (χ4n) is 3.49. The number of likely N-dealkylation sites (tertiary alicyclic amines) is 2. The molecular formula is C18H25BrN2O6. The van der Waals surface area contributed by atoms with Crippen LogP contribution in [0.2, 0.25) is 0 Å². The molecule has 0 aliphatic carbocycles. The quantitative estimate of drug-likeness (QED) is 0.376. The van der Waals surface area contributed by atoms with Crippen LogP contribution < -0.4 is 0 Å². The van der Waals surface area contributed by atoms with Gasteiger partial charge in [0.05, 0.1) is 5.33 Å². The number of esters is 1. The van der Waals surface area contributed by atoms with E-state index in [0.29, 0.717) is 44.3 Å². The highest BCUT2D eigenvalue weighted by Crippen LogP contribution is 2.28. The van der Waals surface area contributed by atoms with Crippen molar-refractivity contribution in [3.63, 3.8) is 0 Å². The Morgan fingerprint density at radius 3 is 2.22 bits per heavy atom. The lowest BCUT2D eigenvalue weighted by atomic mass is 10.1. The van der Waals surface area contributed by atoms with E-state index in [4.69, 9.17) is 4.74 Å². The van der Waals surface area contributed by atoms with Gasteiger partial charge in [-0.25, -0.2) is 9.59 Å². The zero-order chi connectivity index (χ0) is 20.4. The number of halogens is 1. The number of carbonyl (C=O) groups excluding carboxylic acids is 3. The number of amides is 2. The van der Waals surface area contributed by atoms with Crippen LogP contribution in [0, 0.1) is 0 Å². The van der Waals surface area contributed by atoms with Crippen molar-refractivity contribution >= 4 is 39.7 Å². The van der Waals surface area contributed by atoms with Gasteiger partial charge in [-0.15, -0.1) is 0 Å². The molecule has 0 aromatic carbocycles. The molecule has 1 N–H and O–H groups in total. The van der Waals surface area contributed by atoms with Crippen molar-refractivity contribution in [3.05, 3.63) is 12.2 Å².